The number of carbonyl (C=O) groups excluding carboxylic acids is 2. The highest BCUT2D eigenvalue weighted by Crippen LogP contribution is 2.48. The number of nitrogens with zero attached hydrogens (tertiary/aromatic N) is 6. The Kier molecular flexibility index (Phi) is 26.2. The molecular weight excluding hydrogens is 1680 g/mol. The summed E-state index contributed by atoms with van der Waals surface area (Å²) in [5.41, 5.74) is 18.9. The van der Waals surface area contributed by atoms with Crippen LogP contribution in [-0.2, 0) is 50.5 Å². The van der Waals surface area contributed by atoms with Crippen LogP contribution in [0.25, 0.3) is 33.4 Å². The van der Waals surface area contributed by atoms with Gasteiger partial charge in [-0.05, 0) is 254 Å². The summed E-state index contributed by atoms with van der Waals surface area (Å²) in [4.78, 5) is 47.6. The first-order valence-electron chi connectivity index (χ1n) is 37.6. The van der Waals surface area contributed by atoms with Gasteiger partial charge in [0.15, 0.2) is 0 Å². The number of ether oxygens (including phenoxy) is 6. The topological polar surface area (TPSA) is 204 Å². The molecule has 2 saturated heterocycles. The second kappa shape index (κ2) is 35.3. The maximum atomic E-state index is 15.3. The molecule has 7 heterocycles. The zero-order chi connectivity index (χ0) is 81.0. The molecule has 0 N–H and O–H groups in total. The largest absolute Gasteiger partial charge is 0.498 e. The molecule has 0 radical (unpaired) electrons. The summed E-state index contributed by atoms with van der Waals surface area (Å²) < 4.78 is 92.0. The van der Waals surface area contributed by atoms with E-state index in [1.165, 1.54) is 67.7 Å². The molecular formula is C88H93B2Br2F2IN6O12. The Labute approximate surface area is 691 Å². The van der Waals surface area contributed by atoms with Crippen LogP contribution in [0, 0.1) is 56.7 Å². The number of fused-ring (bicyclic) bond motifs is 4. The van der Waals surface area contributed by atoms with Crippen molar-refractivity contribution in [2.45, 2.75) is 182 Å². The van der Waals surface area contributed by atoms with Crippen molar-refractivity contribution in [3.63, 3.8) is 0 Å². The molecule has 4 atom stereocenters. The molecule has 113 heavy (non-hydrogen) atoms. The normalized spacial score (nSPS) is 18.5. The lowest BCUT2D eigenvalue weighted by atomic mass is 9.75. The first-order chi connectivity index (χ1) is 53.7. The predicted molar refractivity (Wildman–Crippen MR) is 449 cm³/mol. The lowest BCUT2D eigenvalue weighted by Gasteiger charge is -2.32. The zero-order valence-corrected chi connectivity index (χ0v) is 71.9. The van der Waals surface area contributed by atoms with E-state index in [0.29, 0.717) is 66.6 Å². The molecule has 16 rings (SSSR count). The number of halogens is 5. The van der Waals surface area contributed by atoms with Gasteiger partial charge in [0.05, 0.1) is 62.7 Å². The van der Waals surface area contributed by atoms with E-state index in [-0.39, 0.29) is 66.6 Å². The van der Waals surface area contributed by atoms with Crippen LogP contribution in [0.1, 0.15) is 172 Å². The Hall–Kier alpha value is -8.56. The van der Waals surface area contributed by atoms with Crippen LogP contribution < -0.4 is 29.9 Å². The Morgan fingerprint density at radius 3 is 1.30 bits per heavy atom. The van der Waals surface area contributed by atoms with Crippen LogP contribution in [0.5, 0.6) is 23.0 Å². The van der Waals surface area contributed by atoms with E-state index in [0.717, 1.165) is 84.1 Å². The van der Waals surface area contributed by atoms with Crippen molar-refractivity contribution in [1.29, 1.82) is 0 Å². The summed E-state index contributed by atoms with van der Waals surface area (Å²) in [6.07, 6.45) is 17.7. The third-order valence-electron chi connectivity index (χ3n) is 22.2. The van der Waals surface area contributed by atoms with E-state index >= 15 is 8.78 Å². The molecule has 0 unspecified atom stereocenters. The number of hydrogen-bond donors (Lipinski definition) is 0. The SMILES string of the molecule is CC1(C)OB(c2cncnc2)OC1(C)C.COC(=O)C[C@@H]1COc2cc(O[C@@H]3CCc4c(-c5c(C)cc(-c6cncnc6)cc5C)ccc(F)c43)ccc21.COC(=O)C[C@@H]1COc2cc(O[C@@H]3CCc4c(B5OC(C)(C)C(C)(C)O5)ccc(F)c43)ccc21.Cc1cc(-c2cncnc2)cc(C)c1Br.Cc1cc(I)cc(C)c1Br. The minimum atomic E-state index is -0.543. The monoisotopic (exact) mass is 1770 g/mol. The maximum Gasteiger partial charge on any atom is 0.498 e. The van der Waals surface area contributed by atoms with Gasteiger partial charge in [-0.3, -0.25) is 9.59 Å². The third-order valence-corrected chi connectivity index (χ3v) is 25.3. The number of benzene rings is 7. The Morgan fingerprint density at radius 1 is 0.487 bits per heavy atom. The van der Waals surface area contributed by atoms with Gasteiger partial charge in [-0.25, -0.2) is 38.7 Å². The molecule has 10 aromatic rings. The van der Waals surface area contributed by atoms with Gasteiger partial charge in [-0.1, -0.05) is 80.4 Å². The molecule has 18 nitrogen and oxygen atoms in total. The smallest absolute Gasteiger partial charge is 0.492 e. The van der Waals surface area contributed by atoms with Crippen LogP contribution in [0.2, 0.25) is 0 Å². The number of methoxy groups -OCH3 is 2. The lowest BCUT2D eigenvalue weighted by Crippen LogP contribution is -2.41. The van der Waals surface area contributed by atoms with Crippen molar-refractivity contribution in [2.75, 3.05) is 27.4 Å². The second-order valence-electron chi connectivity index (χ2n) is 31.1. The van der Waals surface area contributed by atoms with E-state index < -0.39 is 30.5 Å². The summed E-state index contributed by atoms with van der Waals surface area (Å²) in [6, 6.07) is 30.8. The quantitative estimate of drug-likeness (QED) is 0.0598. The van der Waals surface area contributed by atoms with Crippen LogP contribution >= 0.6 is 54.5 Å². The number of aryl methyl sites for hydroxylation is 6. The highest BCUT2D eigenvalue weighted by atomic mass is 127. The van der Waals surface area contributed by atoms with E-state index in [1.807, 2.05) is 123 Å². The van der Waals surface area contributed by atoms with Gasteiger partial charge in [-0.2, -0.15) is 0 Å². The molecule has 2 aliphatic carbocycles. The average molecular weight is 1770 g/mol. The van der Waals surface area contributed by atoms with Crippen molar-refractivity contribution in [3.05, 3.63) is 244 Å². The van der Waals surface area contributed by atoms with Crippen LogP contribution in [0.4, 0.5) is 8.78 Å². The number of esters is 2. The number of carbonyl (C=O) groups is 2. The minimum absolute atomic E-state index is 0.0383. The van der Waals surface area contributed by atoms with Gasteiger partial charge in [0.25, 0.3) is 0 Å². The van der Waals surface area contributed by atoms with Crippen LogP contribution in [-0.4, -0.2) is 106 Å². The van der Waals surface area contributed by atoms with Crippen molar-refractivity contribution in [1.82, 2.24) is 29.9 Å². The van der Waals surface area contributed by atoms with Gasteiger partial charge < -0.3 is 47.0 Å². The maximum absolute atomic E-state index is 15.3. The molecule has 0 amide bonds. The highest BCUT2D eigenvalue weighted by molar-refractivity contribution is 14.1. The molecule has 588 valence electrons. The number of hydrogen-bond acceptors (Lipinski definition) is 18. The molecule has 0 saturated carbocycles. The molecule has 0 spiro atoms. The molecule has 0 bridgehead atoms. The fourth-order valence-corrected chi connectivity index (χ4v) is 16.2. The van der Waals surface area contributed by atoms with Crippen molar-refractivity contribution >= 4 is 91.6 Å². The molecule has 2 fully saturated rings. The highest BCUT2D eigenvalue weighted by Gasteiger charge is 2.54. The molecule has 7 aromatic carbocycles. The first-order valence-corrected chi connectivity index (χ1v) is 40.3. The second-order valence-corrected chi connectivity index (χ2v) is 34.0. The van der Waals surface area contributed by atoms with E-state index in [4.69, 9.17) is 47.0 Å². The standard InChI is InChI=1S/C32H29FN2O4.C26H30BFO6.C12H11BrN2.C10H15BN2O2.C8H8BrI/c1-18-10-20(22-14-34-17-35-15-22)11-19(2)31(18)25-6-8-27(33)32-26(25)7-9-28(32)39-23-4-5-24-21(12-30(36)37-3)16-38-29(24)13-23;1-25(2)26(3,4)34-27(33-25)19-9-10-20(28)24-18(19)8-11-21(24)32-16-6-7-17-15(12-23(29)30-5)14-31-22(17)13-16;1-8-3-10(4-9(2)12(8)13)11-5-14-7-15-6-11;1-9(2)10(3,4)15-11(14-9)8-5-12-7-13-6-8;1-5-3-7(10)4-6(2)8(5)9/h4-6,8,10-11,13-15,17,21,28H,7,9,12,16H2,1-3H3;6-7,9-10,13,15,21H,8,11-12,14H2,1-5H3;3-7H,1-2H3;5-7H,1-4H3;3-4H,1-2H3/t21-,28-;15-,21-;;;/m11.../s1. The molecule has 25 heteroatoms. The first kappa shape index (κ1) is 83.9. The fourth-order valence-electron chi connectivity index (χ4n) is 14.8. The molecule has 6 aliphatic rings. The van der Waals surface area contributed by atoms with Crippen molar-refractivity contribution in [2.24, 2.45) is 0 Å². The number of aromatic nitrogens is 6. The Bertz CT molecular complexity index is 5050. The van der Waals surface area contributed by atoms with Gasteiger partial charge in [-0.15, -0.1) is 0 Å². The van der Waals surface area contributed by atoms with E-state index in [9.17, 15) is 9.59 Å². The third kappa shape index (κ3) is 18.9. The minimum Gasteiger partial charge on any atom is -0.492 e. The Morgan fingerprint density at radius 2 is 0.867 bits per heavy atom. The van der Waals surface area contributed by atoms with Crippen LogP contribution in [0.15, 0.2) is 162 Å². The van der Waals surface area contributed by atoms with E-state index in [1.54, 1.807) is 30.9 Å². The average Bonchev–Trinajstić information content (AvgIpc) is 1.67. The summed E-state index contributed by atoms with van der Waals surface area (Å²) in [5.74, 6) is 1.48. The zero-order valence-electron chi connectivity index (χ0n) is 66.5. The van der Waals surface area contributed by atoms with Crippen molar-refractivity contribution in [3.8, 4) is 56.4 Å². The predicted octanol–water partition coefficient (Wildman–Crippen LogP) is 18.9. The summed E-state index contributed by atoms with van der Waals surface area (Å²) in [7, 11) is 1.86. The fraction of sp³-hybridized carbons (Fsp3) is 0.364. The molecule has 4 aliphatic heterocycles. The summed E-state index contributed by atoms with van der Waals surface area (Å²) >= 11 is 9.39. The van der Waals surface area contributed by atoms with Crippen molar-refractivity contribution < 1.29 is 65.4 Å². The molecule has 3 aromatic heterocycles. The summed E-state index contributed by atoms with van der Waals surface area (Å²) in [5, 5.41) is 0. The van der Waals surface area contributed by atoms with Crippen LogP contribution in [0.3, 0.4) is 0 Å². The van der Waals surface area contributed by atoms with Gasteiger partial charge in [0.1, 0.15) is 65.8 Å². The number of rotatable bonds is 13. The van der Waals surface area contributed by atoms with Gasteiger partial charge >= 0.3 is 26.2 Å². The Balaban J connectivity index is 0.000000143. The van der Waals surface area contributed by atoms with Gasteiger partial charge in [0, 0.05) is 113 Å². The van der Waals surface area contributed by atoms with Gasteiger partial charge in [0.2, 0.25) is 0 Å². The lowest BCUT2D eigenvalue weighted by molar-refractivity contribution is -0.142. The summed E-state index contributed by atoms with van der Waals surface area (Å²) in [6.45, 7) is 29.6. The van der Waals surface area contributed by atoms with E-state index in [2.05, 4.69) is 162 Å².